The van der Waals surface area contributed by atoms with E-state index in [1.807, 2.05) is 17.9 Å². The van der Waals surface area contributed by atoms with Crippen LogP contribution in [0.15, 0.2) is 42.9 Å². The number of carbonyl (C=O) groups excluding carboxylic acids is 1. The molecule has 1 atom stereocenters. The number of nitrogens with zero attached hydrogens (tertiary/aromatic N) is 3. The molecule has 1 aromatic heterocycles. The Balaban J connectivity index is 1.71. The van der Waals surface area contributed by atoms with Gasteiger partial charge in [0, 0.05) is 18.8 Å². The highest BCUT2D eigenvalue weighted by Gasteiger charge is 2.28. The van der Waals surface area contributed by atoms with E-state index in [0.717, 1.165) is 37.9 Å². The first-order valence-electron chi connectivity index (χ1n) is 8.37. The monoisotopic (exact) mass is 309 g/mol. The van der Waals surface area contributed by atoms with Crippen LogP contribution in [0.25, 0.3) is 0 Å². The fourth-order valence-electron chi connectivity index (χ4n) is 3.30. The summed E-state index contributed by atoms with van der Waals surface area (Å²) < 4.78 is 0. The van der Waals surface area contributed by atoms with Crippen LogP contribution >= 0.6 is 0 Å². The second-order valence-corrected chi connectivity index (χ2v) is 6.19. The molecule has 1 saturated heterocycles. The number of likely N-dealkylation sites (tertiary alicyclic amines) is 1. The number of benzene rings is 1. The fourth-order valence-corrected chi connectivity index (χ4v) is 3.30. The van der Waals surface area contributed by atoms with Crippen molar-refractivity contribution in [2.45, 2.75) is 45.1 Å². The molecule has 1 amide bonds. The van der Waals surface area contributed by atoms with Crippen LogP contribution in [0.3, 0.4) is 0 Å². The van der Waals surface area contributed by atoms with E-state index in [4.69, 9.17) is 0 Å². The zero-order chi connectivity index (χ0) is 16.1. The molecule has 4 heteroatoms. The number of rotatable bonds is 4. The zero-order valence-corrected chi connectivity index (χ0v) is 13.6. The van der Waals surface area contributed by atoms with Crippen LogP contribution in [0.2, 0.25) is 0 Å². The van der Waals surface area contributed by atoms with Gasteiger partial charge in [0.15, 0.2) is 0 Å². The summed E-state index contributed by atoms with van der Waals surface area (Å²) >= 11 is 0. The molecule has 0 N–H and O–H groups in total. The van der Waals surface area contributed by atoms with Crippen molar-refractivity contribution in [3.05, 3.63) is 59.7 Å². The van der Waals surface area contributed by atoms with Crippen molar-refractivity contribution in [2.24, 2.45) is 0 Å². The maximum absolute atomic E-state index is 12.9. The number of piperidine rings is 1. The summed E-state index contributed by atoms with van der Waals surface area (Å²) in [6, 6.07) is 10.8. The van der Waals surface area contributed by atoms with E-state index in [-0.39, 0.29) is 5.91 Å². The molecular weight excluding hydrogens is 286 g/mol. The lowest BCUT2D eigenvalue weighted by Crippen LogP contribution is -2.44. The van der Waals surface area contributed by atoms with Crippen molar-refractivity contribution in [1.29, 1.82) is 0 Å². The summed E-state index contributed by atoms with van der Waals surface area (Å²) in [5, 5.41) is 0. The van der Waals surface area contributed by atoms with Gasteiger partial charge in [-0.05, 0) is 44.6 Å². The minimum Gasteiger partial charge on any atom is -0.336 e. The highest BCUT2D eigenvalue weighted by Crippen LogP contribution is 2.23. The van der Waals surface area contributed by atoms with Gasteiger partial charge in [-0.2, -0.15) is 0 Å². The SMILES string of the molecule is Cc1ncncc1C(=O)N1CCCC[C@@H]1CCc1ccccc1. The third kappa shape index (κ3) is 3.76. The quantitative estimate of drug-likeness (QED) is 0.869. The molecule has 0 unspecified atom stereocenters. The first-order valence-corrected chi connectivity index (χ1v) is 8.37. The van der Waals surface area contributed by atoms with Gasteiger partial charge < -0.3 is 4.90 Å². The molecule has 2 heterocycles. The van der Waals surface area contributed by atoms with Gasteiger partial charge in [0.25, 0.3) is 5.91 Å². The number of aryl methyl sites for hydroxylation is 2. The van der Waals surface area contributed by atoms with E-state index < -0.39 is 0 Å². The molecule has 1 fully saturated rings. The molecule has 0 saturated carbocycles. The van der Waals surface area contributed by atoms with Gasteiger partial charge in [-0.3, -0.25) is 4.79 Å². The highest BCUT2D eigenvalue weighted by atomic mass is 16.2. The second kappa shape index (κ2) is 7.36. The van der Waals surface area contributed by atoms with Crippen molar-refractivity contribution < 1.29 is 4.79 Å². The number of hydrogen-bond acceptors (Lipinski definition) is 3. The van der Waals surface area contributed by atoms with E-state index in [1.165, 1.54) is 18.3 Å². The van der Waals surface area contributed by atoms with Gasteiger partial charge in [-0.15, -0.1) is 0 Å². The normalized spacial score (nSPS) is 18.0. The van der Waals surface area contributed by atoms with Gasteiger partial charge >= 0.3 is 0 Å². The van der Waals surface area contributed by atoms with Gasteiger partial charge in [0.05, 0.1) is 11.3 Å². The van der Waals surface area contributed by atoms with Gasteiger partial charge in [0.2, 0.25) is 0 Å². The maximum Gasteiger partial charge on any atom is 0.257 e. The third-order valence-electron chi connectivity index (χ3n) is 4.64. The Bertz CT molecular complexity index is 657. The lowest BCUT2D eigenvalue weighted by molar-refractivity contribution is 0.0600. The third-order valence-corrected chi connectivity index (χ3v) is 4.64. The number of hydrogen-bond donors (Lipinski definition) is 0. The summed E-state index contributed by atoms with van der Waals surface area (Å²) in [5.74, 6) is 0.0841. The Hall–Kier alpha value is -2.23. The number of carbonyl (C=O) groups is 1. The molecule has 0 radical (unpaired) electrons. The highest BCUT2D eigenvalue weighted by molar-refractivity contribution is 5.95. The van der Waals surface area contributed by atoms with Crippen molar-refractivity contribution >= 4 is 5.91 Å². The van der Waals surface area contributed by atoms with Gasteiger partial charge in [0.1, 0.15) is 6.33 Å². The van der Waals surface area contributed by atoms with E-state index in [9.17, 15) is 4.79 Å². The first kappa shape index (κ1) is 15.7. The topological polar surface area (TPSA) is 46.1 Å². The Labute approximate surface area is 137 Å². The summed E-state index contributed by atoms with van der Waals surface area (Å²) in [4.78, 5) is 23.1. The van der Waals surface area contributed by atoms with Gasteiger partial charge in [-0.25, -0.2) is 9.97 Å². The van der Waals surface area contributed by atoms with Crippen molar-refractivity contribution in [3.63, 3.8) is 0 Å². The van der Waals surface area contributed by atoms with Crippen LogP contribution in [0.4, 0.5) is 0 Å². The molecule has 1 aliphatic heterocycles. The Morgan fingerprint density at radius 1 is 1.26 bits per heavy atom. The van der Waals surface area contributed by atoms with Crippen LogP contribution in [0.1, 0.15) is 47.3 Å². The predicted molar refractivity (Wildman–Crippen MR) is 90.2 cm³/mol. The van der Waals surface area contributed by atoms with Crippen LogP contribution in [-0.2, 0) is 6.42 Å². The molecule has 1 aliphatic rings. The molecule has 4 nitrogen and oxygen atoms in total. The van der Waals surface area contributed by atoms with Crippen LogP contribution < -0.4 is 0 Å². The largest absolute Gasteiger partial charge is 0.336 e. The average molecular weight is 309 g/mol. The minimum atomic E-state index is 0.0841. The van der Waals surface area contributed by atoms with Crippen molar-refractivity contribution in [3.8, 4) is 0 Å². The Morgan fingerprint density at radius 2 is 2.09 bits per heavy atom. The van der Waals surface area contributed by atoms with Crippen LogP contribution in [0.5, 0.6) is 0 Å². The first-order chi connectivity index (χ1) is 11.3. The second-order valence-electron chi connectivity index (χ2n) is 6.19. The van der Waals surface area contributed by atoms with Crippen LogP contribution in [-0.4, -0.2) is 33.4 Å². The zero-order valence-electron chi connectivity index (χ0n) is 13.6. The Morgan fingerprint density at radius 3 is 2.87 bits per heavy atom. The molecular formula is C19H23N3O. The molecule has 0 spiro atoms. The summed E-state index contributed by atoms with van der Waals surface area (Å²) in [5.41, 5.74) is 2.74. The van der Waals surface area contributed by atoms with E-state index >= 15 is 0 Å². The van der Waals surface area contributed by atoms with E-state index in [0.29, 0.717) is 11.6 Å². The van der Waals surface area contributed by atoms with Crippen molar-refractivity contribution in [1.82, 2.24) is 14.9 Å². The predicted octanol–water partition coefficient (Wildman–Crippen LogP) is 3.41. The Kier molecular flexibility index (Phi) is 5.01. The summed E-state index contributed by atoms with van der Waals surface area (Å²) in [6.07, 6.45) is 8.55. The number of aromatic nitrogens is 2. The summed E-state index contributed by atoms with van der Waals surface area (Å²) in [6.45, 7) is 2.71. The maximum atomic E-state index is 12.9. The summed E-state index contributed by atoms with van der Waals surface area (Å²) in [7, 11) is 0. The van der Waals surface area contributed by atoms with Crippen LogP contribution in [0, 0.1) is 6.92 Å². The van der Waals surface area contributed by atoms with Gasteiger partial charge in [-0.1, -0.05) is 30.3 Å². The average Bonchev–Trinajstić information content (AvgIpc) is 2.61. The minimum absolute atomic E-state index is 0.0841. The molecule has 120 valence electrons. The molecule has 0 bridgehead atoms. The molecule has 1 aromatic carbocycles. The lowest BCUT2D eigenvalue weighted by Gasteiger charge is -2.36. The molecule has 3 rings (SSSR count). The standard InChI is InChI=1S/C19H23N3O/c1-15-18(13-20-14-21-15)19(23)22-12-6-5-9-17(22)11-10-16-7-3-2-4-8-16/h2-4,7-8,13-14,17H,5-6,9-12H2,1H3/t17-/m1/s1. The molecule has 2 aromatic rings. The van der Waals surface area contributed by atoms with E-state index in [1.54, 1.807) is 6.20 Å². The van der Waals surface area contributed by atoms with Crippen molar-refractivity contribution in [2.75, 3.05) is 6.54 Å². The smallest absolute Gasteiger partial charge is 0.257 e. The lowest BCUT2D eigenvalue weighted by atomic mass is 9.95. The molecule has 23 heavy (non-hydrogen) atoms. The number of amides is 1. The van der Waals surface area contributed by atoms with E-state index in [2.05, 4.69) is 34.2 Å². The molecule has 0 aliphatic carbocycles. The fraction of sp³-hybridized carbons (Fsp3) is 0.421.